The smallest absolute Gasteiger partial charge is 0.242 e. The maximum absolute atomic E-state index is 12.2. The van der Waals surface area contributed by atoms with Gasteiger partial charge in [0.1, 0.15) is 11.9 Å². The predicted molar refractivity (Wildman–Crippen MR) is 178 cm³/mol. The van der Waals surface area contributed by atoms with E-state index in [1.165, 1.54) is 5.56 Å². The average Bonchev–Trinajstić information content (AvgIpc) is 3.04. The summed E-state index contributed by atoms with van der Waals surface area (Å²) < 4.78 is 0. The molecule has 4 rings (SSSR count). The SMILES string of the molecule is C[C@H](NC(=O)[C@H](N)CCc1ccccc1)C(=O)NCCc1ccc(N)nc1.Cc1ccc(C)nc1.Cc1ccc(CC#N)cn1. The predicted octanol–water partition coefficient (Wildman–Crippen LogP) is 3.94. The molecule has 45 heavy (non-hydrogen) atoms. The van der Waals surface area contributed by atoms with E-state index in [2.05, 4.69) is 37.7 Å². The van der Waals surface area contributed by atoms with Crippen LogP contribution in [0.4, 0.5) is 5.82 Å². The van der Waals surface area contributed by atoms with Gasteiger partial charge in [-0.05, 0) is 87.4 Å². The summed E-state index contributed by atoms with van der Waals surface area (Å²) in [5.74, 6) is -0.110. The molecule has 0 spiro atoms. The van der Waals surface area contributed by atoms with Gasteiger partial charge in [0, 0.05) is 36.5 Å². The monoisotopic (exact) mass is 608 g/mol. The summed E-state index contributed by atoms with van der Waals surface area (Å²) in [5, 5.41) is 13.8. The maximum Gasteiger partial charge on any atom is 0.242 e. The second-order valence-electron chi connectivity index (χ2n) is 10.6. The van der Waals surface area contributed by atoms with Crippen molar-refractivity contribution in [2.45, 2.75) is 65.5 Å². The van der Waals surface area contributed by atoms with Crippen LogP contribution < -0.4 is 22.1 Å². The Morgan fingerprint density at radius 1 is 0.800 bits per heavy atom. The first kappa shape index (κ1) is 36.1. The third-order valence-electron chi connectivity index (χ3n) is 6.55. The lowest BCUT2D eigenvalue weighted by Gasteiger charge is -2.17. The molecule has 6 N–H and O–H groups in total. The van der Waals surface area contributed by atoms with Crippen molar-refractivity contribution in [1.29, 1.82) is 5.26 Å². The molecule has 1 aromatic carbocycles. The van der Waals surface area contributed by atoms with Crippen molar-refractivity contribution >= 4 is 17.6 Å². The zero-order chi connectivity index (χ0) is 33.0. The van der Waals surface area contributed by atoms with E-state index < -0.39 is 12.1 Å². The highest BCUT2D eigenvalue weighted by molar-refractivity contribution is 5.89. The third-order valence-corrected chi connectivity index (χ3v) is 6.55. The van der Waals surface area contributed by atoms with Crippen molar-refractivity contribution < 1.29 is 9.59 Å². The summed E-state index contributed by atoms with van der Waals surface area (Å²) in [6.45, 7) is 8.04. The van der Waals surface area contributed by atoms with Gasteiger partial charge in [-0.15, -0.1) is 0 Å². The van der Waals surface area contributed by atoms with Crippen LogP contribution in [0.2, 0.25) is 0 Å². The van der Waals surface area contributed by atoms with Gasteiger partial charge in [0.2, 0.25) is 11.8 Å². The number of hydrogen-bond donors (Lipinski definition) is 4. The van der Waals surface area contributed by atoms with Gasteiger partial charge in [0.15, 0.2) is 0 Å². The van der Waals surface area contributed by atoms with E-state index in [0.717, 1.165) is 28.1 Å². The maximum atomic E-state index is 12.2. The Hall–Kier alpha value is -5.14. The normalized spacial score (nSPS) is 11.3. The molecular formula is C35H44N8O2. The van der Waals surface area contributed by atoms with Crippen LogP contribution in [0.1, 0.15) is 47.0 Å². The Labute approximate surface area is 266 Å². The fourth-order valence-corrected chi connectivity index (χ4v) is 3.79. The minimum Gasteiger partial charge on any atom is -0.384 e. The summed E-state index contributed by atoms with van der Waals surface area (Å²) >= 11 is 0. The molecule has 3 heterocycles. The van der Waals surface area contributed by atoms with Crippen molar-refractivity contribution in [2.24, 2.45) is 5.73 Å². The minimum absolute atomic E-state index is 0.248. The number of nitriles is 1. The molecule has 10 nitrogen and oxygen atoms in total. The number of hydrogen-bond acceptors (Lipinski definition) is 8. The van der Waals surface area contributed by atoms with Crippen molar-refractivity contribution in [3.05, 3.63) is 119 Å². The molecule has 236 valence electrons. The number of nitrogens with one attached hydrogen (secondary N) is 2. The van der Waals surface area contributed by atoms with Crippen LogP contribution in [-0.4, -0.2) is 45.4 Å². The van der Waals surface area contributed by atoms with E-state index >= 15 is 0 Å². The second kappa shape index (κ2) is 19.9. The molecule has 0 saturated carbocycles. The topological polar surface area (TPSA) is 173 Å². The molecule has 4 aromatic rings. The van der Waals surface area contributed by atoms with Crippen LogP contribution in [0.15, 0.2) is 85.3 Å². The van der Waals surface area contributed by atoms with Gasteiger partial charge in [-0.25, -0.2) is 4.98 Å². The Morgan fingerprint density at radius 2 is 1.44 bits per heavy atom. The summed E-state index contributed by atoms with van der Waals surface area (Å²) in [4.78, 5) is 36.4. The number of pyridine rings is 3. The molecule has 0 radical (unpaired) electrons. The molecule has 0 aliphatic carbocycles. The van der Waals surface area contributed by atoms with Gasteiger partial charge in [-0.3, -0.25) is 19.6 Å². The number of nitrogen functional groups attached to an aromatic ring is 1. The number of benzene rings is 1. The van der Waals surface area contributed by atoms with E-state index in [-0.39, 0.29) is 11.8 Å². The molecule has 0 aliphatic heterocycles. The first-order valence-electron chi connectivity index (χ1n) is 14.8. The highest BCUT2D eigenvalue weighted by atomic mass is 16.2. The number of carbonyl (C=O) groups excluding carboxylic acids is 2. The van der Waals surface area contributed by atoms with Crippen molar-refractivity contribution in [3.8, 4) is 6.07 Å². The lowest BCUT2D eigenvalue weighted by atomic mass is 10.1. The standard InChI is InChI=1S/C20H27N5O2.C8H8N2.C7H9N/c1-14(19(26)23-12-11-16-8-10-18(22)24-13-16)25-20(27)17(21)9-7-15-5-3-2-4-6-15;1-7-2-3-8(4-5-9)6-10-7;1-6-3-4-7(2)8-5-6/h2-6,8,10,13-14,17H,7,9,11-12,21H2,1H3,(H2,22,24)(H,23,26)(H,25,27);2-3,6H,4H2,1H3;3-5H,1-2H3/t14-,17+;;/m0../s1. The number of nitrogens with zero attached hydrogens (tertiary/aromatic N) is 4. The van der Waals surface area contributed by atoms with Crippen LogP contribution in [0.5, 0.6) is 0 Å². The lowest BCUT2D eigenvalue weighted by molar-refractivity contribution is -0.129. The molecule has 0 bridgehead atoms. The third kappa shape index (κ3) is 15.2. The number of anilines is 1. The molecule has 10 heteroatoms. The van der Waals surface area contributed by atoms with Crippen LogP contribution in [-0.2, 0) is 28.9 Å². The van der Waals surface area contributed by atoms with Crippen molar-refractivity contribution in [1.82, 2.24) is 25.6 Å². The van der Waals surface area contributed by atoms with Crippen LogP contribution >= 0.6 is 0 Å². The number of carbonyl (C=O) groups is 2. The summed E-state index contributed by atoms with van der Waals surface area (Å²) in [6, 6.07) is 22.1. The van der Waals surface area contributed by atoms with Crippen molar-refractivity contribution in [2.75, 3.05) is 12.3 Å². The molecule has 2 amide bonds. The van der Waals surface area contributed by atoms with Crippen molar-refractivity contribution in [3.63, 3.8) is 0 Å². The molecule has 0 fully saturated rings. The van der Waals surface area contributed by atoms with Crippen LogP contribution in [0.25, 0.3) is 0 Å². The number of aryl methyl sites for hydroxylation is 4. The quantitative estimate of drug-likeness (QED) is 0.210. The van der Waals surface area contributed by atoms with E-state index in [1.54, 1.807) is 25.4 Å². The van der Waals surface area contributed by atoms with Gasteiger partial charge in [0.25, 0.3) is 0 Å². The van der Waals surface area contributed by atoms with Gasteiger partial charge < -0.3 is 22.1 Å². The fraction of sp³-hybridized carbons (Fsp3) is 0.314. The Bertz CT molecular complexity index is 1450. The van der Waals surface area contributed by atoms with E-state index in [0.29, 0.717) is 38.0 Å². The number of aromatic nitrogens is 3. The number of rotatable bonds is 10. The highest BCUT2D eigenvalue weighted by Crippen LogP contribution is 2.05. The van der Waals surface area contributed by atoms with Gasteiger partial charge in [-0.2, -0.15) is 5.26 Å². The molecule has 0 unspecified atom stereocenters. The van der Waals surface area contributed by atoms with Gasteiger partial charge in [0.05, 0.1) is 18.5 Å². The minimum atomic E-state index is -0.652. The second-order valence-corrected chi connectivity index (χ2v) is 10.6. The van der Waals surface area contributed by atoms with Gasteiger partial charge in [-0.1, -0.05) is 48.5 Å². The number of nitrogens with two attached hydrogens (primary N) is 2. The van der Waals surface area contributed by atoms with E-state index in [4.69, 9.17) is 16.7 Å². The fourth-order valence-electron chi connectivity index (χ4n) is 3.79. The van der Waals surface area contributed by atoms with E-state index in [1.807, 2.05) is 81.6 Å². The zero-order valence-corrected chi connectivity index (χ0v) is 26.5. The molecule has 3 aromatic heterocycles. The molecule has 0 aliphatic rings. The van der Waals surface area contributed by atoms with Gasteiger partial charge >= 0.3 is 0 Å². The zero-order valence-electron chi connectivity index (χ0n) is 26.5. The van der Waals surface area contributed by atoms with Crippen LogP contribution in [0.3, 0.4) is 0 Å². The first-order chi connectivity index (χ1) is 21.6. The largest absolute Gasteiger partial charge is 0.384 e. The molecular weight excluding hydrogens is 564 g/mol. The highest BCUT2D eigenvalue weighted by Gasteiger charge is 2.19. The number of amides is 2. The Balaban J connectivity index is 0.000000315. The lowest BCUT2D eigenvalue weighted by Crippen LogP contribution is -2.50. The average molecular weight is 609 g/mol. The summed E-state index contributed by atoms with van der Waals surface area (Å²) in [6.07, 6.45) is 7.61. The first-order valence-corrected chi connectivity index (χ1v) is 14.8. The molecule has 0 saturated heterocycles. The summed E-state index contributed by atoms with van der Waals surface area (Å²) in [5.41, 5.74) is 17.8. The Kier molecular flexibility index (Phi) is 16.0. The summed E-state index contributed by atoms with van der Waals surface area (Å²) in [7, 11) is 0. The van der Waals surface area contributed by atoms with E-state index in [9.17, 15) is 9.59 Å². The molecule has 2 atom stereocenters. The Morgan fingerprint density at radius 3 is 2.00 bits per heavy atom. The van der Waals surface area contributed by atoms with Crippen LogP contribution in [0, 0.1) is 32.1 Å².